The molecule has 60 heavy (non-hydrogen) atoms. The zero-order valence-electron chi connectivity index (χ0n) is 32.2. The van der Waals surface area contributed by atoms with Crippen LogP contribution in [0.2, 0.25) is 5.02 Å². The first-order valence-corrected chi connectivity index (χ1v) is 22.5. The number of para-hydroxylation sites is 1. The summed E-state index contributed by atoms with van der Waals surface area (Å²) in [4.78, 5) is 16.1. The van der Waals surface area contributed by atoms with Crippen LogP contribution in [0.1, 0.15) is 28.8 Å². The minimum atomic E-state index is -6.01. The van der Waals surface area contributed by atoms with E-state index in [9.17, 15) is 34.8 Å². The third kappa shape index (κ3) is 10.1. The molecule has 2 N–H and O–H groups in total. The van der Waals surface area contributed by atoms with E-state index in [-0.39, 0.29) is 23.8 Å². The maximum atomic E-state index is 13.9. The number of amides is 1. The summed E-state index contributed by atoms with van der Waals surface area (Å²) in [5.74, 6) is -0.750. The normalized spacial score (nSPS) is 15.7. The van der Waals surface area contributed by atoms with Crippen molar-refractivity contribution in [2.45, 2.75) is 34.7 Å². The maximum Gasteiger partial charge on any atom is 0.501 e. The summed E-state index contributed by atoms with van der Waals surface area (Å²) >= 11 is 6.13. The lowest BCUT2D eigenvalue weighted by atomic mass is 9.99. The van der Waals surface area contributed by atoms with E-state index in [4.69, 9.17) is 21.1 Å². The smallest absolute Gasteiger partial charge is 0.456 e. The number of anilines is 2. The fourth-order valence-electron chi connectivity index (χ4n) is 7.17. The Labute approximate surface area is 352 Å². The quantitative estimate of drug-likeness (QED) is 0.119. The summed E-state index contributed by atoms with van der Waals surface area (Å²) in [5.41, 5.74) is -2.24. The molecule has 0 saturated carbocycles. The lowest BCUT2D eigenvalue weighted by molar-refractivity contribution is -0.0435. The van der Waals surface area contributed by atoms with Crippen LogP contribution in [0.3, 0.4) is 0 Å². The van der Waals surface area contributed by atoms with Gasteiger partial charge in [-0.25, -0.2) is 21.6 Å². The predicted molar refractivity (Wildman–Crippen MR) is 224 cm³/mol. The second-order valence-corrected chi connectivity index (χ2v) is 18.5. The van der Waals surface area contributed by atoms with Gasteiger partial charge in [-0.2, -0.15) is 13.2 Å². The fraction of sp³-hybridized carbons (Fsp3) is 0.279. The van der Waals surface area contributed by atoms with Crippen molar-refractivity contribution in [2.24, 2.45) is 5.92 Å². The summed E-state index contributed by atoms with van der Waals surface area (Å²) in [6.45, 7) is 4.49. The number of benzene rings is 5. The van der Waals surface area contributed by atoms with Gasteiger partial charge in [0.15, 0.2) is 0 Å². The molecule has 5 aromatic rings. The number of carbonyl (C=O) groups is 1. The molecule has 2 fully saturated rings. The Balaban J connectivity index is 1.10. The Hall–Kier alpha value is -5.13. The minimum absolute atomic E-state index is 0.000611. The number of carbonyl (C=O) groups excluding carboxylic acids is 1. The van der Waals surface area contributed by atoms with E-state index in [1.54, 1.807) is 42.5 Å². The van der Waals surface area contributed by atoms with Crippen LogP contribution in [0, 0.1) is 5.92 Å². The average Bonchev–Trinajstić information content (AvgIpc) is 3.24. The number of nitrogens with one attached hydrogen (secondary N) is 2. The lowest BCUT2D eigenvalue weighted by Crippen LogP contribution is -2.46. The van der Waals surface area contributed by atoms with E-state index in [1.807, 2.05) is 41.1 Å². The van der Waals surface area contributed by atoms with Crippen molar-refractivity contribution in [2.75, 3.05) is 56.2 Å². The number of sulfone groups is 1. The second-order valence-electron chi connectivity index (χ2n) is 14.5. The van der Waals surface area contributed by atoms with Crippen LogP contribution in [0.25, 0.3) is 11.1 Å². The van der Waals surface area contributed by atoms with Gasteiger partial charge in [-0.15, -0.1) is 0 Å². The zero-order valence-corrected chi connectivity index (χ0v) is 34.6. The zero-order chi connectivity index (χ0) is 42.5. The number of hydrogen-bond donors (Lipinski definition) is 2. The molecule has 0 atom stereocenters. The van der Waals surface area contributed by atoms with Crippen LogP contribution < -0.4 is 19.7 Å². The molecule has 0 bridgehead atoms. The Kier molecular flexibility index (Phi) is 13.1. The van der Waals surface area contributed by atoms with Crippen LogP contribution in [-0.2, 0) is 31.1 Å². The van der Waals surface area contributed by atoms with Crippen LogP contribution in [0.5, 0.6) is 11.5 Å². The standard InChI is InChI=1S/C43H42ClF3N4O7S2/c44-33-12-10-31(11-13-33)37-9-5-4-6-32(37)29-50-20-22-51(23-21-50)34-14-16-38(40(26-34)58-35-7-2-1-3-8-35)42(52)49-60(55,56)36-15-17-39(48-28-30-18-24-57-25-19-30)41(27-36)59(53,54)43(45,46)47/h1-17,26-27,30,48H,18-25,28-29H2,(H,49,52). The molecule has 0 aromatic heterocycles. The first kappa shape index (κ1) is 43.0. The molecule has 2 aliphatic heterocycles. The lowest BCUT2D eigenvalue weighted by Gasteiger charge is -2.36. The van der Waals surface area contributed by atoms with Crippen molar-refractivity contribution < 1.29 is 44.3 Å². The molecule has 0 spiro atoms. The van der Waals surface area contributed by atoms with Crippen molar-refractivity contribution in [1.29, 1.82) is 0 Å². The van der Waals surface area contributed by atoms with Crippen molar-refractivity contribution in [3.05, 3.63) is 131 Å². The first-order valence-electron chi connectivity index (χ1n) is 19.2. The number of alkyl halides is 3. The third-order valence-electron chi connectivity index (χ3n) is 10.5. The van der Waals surface area contributed by atoms with Gasteiger partial charge in [-0.05, 0) is 90.0 Å². The Morgan fingerprint density at radius 2 is 1.50 bits per heavy atom. The molecular weight excluding hydrogens is 841 g/mol. The highest BCUT2D eigenvalue weighted by atomic mass is 35.5. The van der Waals surface area contributed by atoms with Gasteiger partial charge in [0.2, 0.25) is 0 Å². The van der Waals surface area contributed by atoms with Gasteiger partial charge in [0.25, 0.3) is 25.8 Å². The molecule has 0 aliphatic carbocycles. The number of ether oxygens (including phenoxy) is 2. The number of halogens is 4. The van der Waals surface area contributed by atoms with Gasteiger partial charge < -0.3 is 19.7 Å². The summed E-state index contributed by atoms with van der Waals surface area (Å²) < 4.78 is 108. The number of hydrogen-bond acceptors (Lipinski definition) is 10. The van der Waals surface area contributed by atoms with Gasteiger partial charge in [0.1, 0.15) is 16.4 Å². The topological polar surface area (TPSA) is 134 Å². The van der Waals surface area contributed by atoms with Gasteiger partial charge in [-0.3, -0.25) is 9.69 Å². The van der Waals surface area contributed by atoms with E-state index in [0.29, 0.717) is 61.7 Å². The molecule has 17 heteroatoms. The molecular formula is C43H42ClF3N4O7S2. The third-order valence-corrected chi connectivity index (χ3v) is 13.6. The summed E-state index contributed by atoms with van der Waals surface area (Å²) in [6.07, 6.45) is 1.23. The van der Waals surface area contributed by atoms with Crippen molar-refractivity contribution >= 4 is 48.7 Å². The van der Waals surface area contributed by atoms with E-state index < -0.39 is 46.8 Å². The van der Waals surface area contributed by atoms with Crippen LogP contribution in [-0.4, -0.2) is 79.1 Å². The van der Waals surface area contributed by atoms with Crippen molar-refractivity contribution in [3.63, 3.8) is 0 Å². The van der Waals surface area contributed by atoms with Crippen molar-refractivity contribution in [3.8, 4) is 22.6 Å². The highest BCUT2D eigenvalue weighted by molar-refractivity contribution is 7.92. The predicted octanol–water partition coefficient (Wildman–Crippen LogP) is 8.37. The van der Waals surface area contributed by atoms with E-state index in [2.05, 4.69) is 27.2 Å². The molecule has 316 valence electrons. The molecule has 2 heterocycles. The SMILES string of the molecule is O=C(NS(=O)(=O)c1ccc(NCC2CCOCC2)c(S(=O)(=O)C(F)(F)F)c1)c1ccc(N2CCN(Cc3ccccc3-c3ccc(Cl)cc3)CC2)cc1Oc1ccccc1. The fourth-order valence-corrected chi connectivity index (χ4v) is 9.33. The number of sulfonamides is 1. The van der Waals surface area contributed by atoms with Gasteiger partial charge in [0.05, 0.1) is 16.1 Å². The molecule has 7 rings (SSSR count). The number of rotatable bonds is 13. The van der Waals surface area contributed by atoms with E-state index in [1.165, 1.54) is 11.6 Å². The summed E-state index contributed by atoms with van der Waals surface area (Å²) in [7, 11) is -10.9. The Bertz CT molecular complexity index is 2530. The minimum Gasteiger partial charge on any atom is -0.456 e. The summed E-state index contributed by atoms with van der Waals surface area (Å²) in [5, 5.41) is 3.42. The molecule has 1 amide bonds. The van der Waals surface area contributed by atoms with E-state index >= 15 is 0 Å². The molecule has 0 radical (unpaired) electrons. The van der Waals surface area contributed by atoms with Gasteiger partial charge in [-0.1, -0.05) is 66.2 Å². The van der Waals surface area contributed by atoms with Gasteiger partial charge >= 0.3 is 5.51 Å². The first-order chi connectivity index (χ1) is 28.7. The Morgan fingerprint density at radius 3 is 2.20 bits per heavy atom. The highest BCUT2D eigenvalue weighted by Crippen LogP contribution is 2.37. The molecule has 0 unspecified atom stereocenters. The average molecular weight is 883 g/mol. The maximum absolute atomic E-state index is 13.9. The van der Waals surface area contributed by atoms with Crippen LogP contribution >= 0.6 is 11.6 Å². The van der Waals surface area contributed by atoms with Gasteiger partial charge in [0, 0.05) is 69.3 Å². The molecule has 5 aromatic carbocycles. The molecule has 11 nitrogen and oxygen atoms in total. The highest BCUT2D eigenvalue weighted by Gasteiger charge is 2.48. The largest absolute Gasteiger partial charge is 0.501 e. The number of nitrogens with zero attached hydrogens (tertiary/aromatic N) is 2. The van der Waals surface area contributed by atoms with Crippen LogP contribution in [0.4, 0.5) is 24.5 Å². The Morgan fingerprint density at radius 1 is 0.817 bits per heavy atom. The summed E-state index contributed by atoms with van der Waals surface area (Å²) in [6, 6.07) is 31.5. The van der Waals surface area contributed by atoms with Crippen LogP contribution in [0.15, 0.2) is 125 Å². The number of piperazine rings is 1. The molecule has 2 saturated heterocycles. The second kappa shape index (κ2) is 18.2. The monoisotopic (exact) mass is 882 g/mol. The van der Waals surface area contributed by atoms with Crippen molar-refractivity contribution in [1.82, 2.24) is 9.62 Å². The molecule has 2 aliphatic rings. The van der Waals surface area contributed by atoms with E-state index in [0.717, 1.165) is 42.9 Å².